The number of hydrogen-bond acceptors (Lipinski definition) is 6. The van der Waals surface area contributed by atoms with Gasteiger partial charge in [0.2, 0.25) is 5.82 Å². The second-order valence-electron chi connectivity index (χ2n) is 5.39. The molecule has 122 valence electrons. The third-order valence-electron chi connectivity index (χ3n) is 3.82. The molecule has 3 heterocycles. The van der Waals surface area contributed by atoms with Crippen molar-refractivity contribution >= 4 is 5.91 Å². The number of aromatic nitrogens is 2. The van der Waals surface area contributed by atoms with Crippen LogP contribution in [0.4, 0.5) is 0 Å². The maximum absolute atomic E-state index is 12.6. The lowest BCUT2D eigenvalue weighted by molar-refractivity contribution is 0.0303. The van der Waals surface area contributed by atoms with Crippen LogP contribution in [0.2, 0.25) is 0 Å². The average Bonchev–Trinajstić information content (AvgIpc) is 3.33. The minimum Gasteiger partial charge on any atom is -0.459 e. The van der Waals surface area contributed by atoms with Gasteiger partial charge in [0.15, 0.2) is 5.76 Å². The summed E-state index contributed by atoms with van der Waals surface area (Å²) in [5.74, 6) is 1.21. The molecule has 0 N–H and O–H groups in total. The Bertz CT molecular complexity index is 835. The van der Waals surface area contributed by atoms with E-state index in [1.165, 1.54) is 0 Å². The van der Waals surface area contributed by atoms with Gasteiger partial charge in [-0.05, 0) is 24.3 Å². The first-order valence-corrected chi connectivity index (χ1v) is 7.66. The molecular formula is C17H15N3O4. The number of amides is 1. The van der Waals surface area contributed by atoms with Gasteiger partial charge in [0.25, 0.3) is 11.8 Å². The number of morpholine rings is 1. The van der Waals surface area contributed by atoms with E-state index >= 15 is 0 Å². The Morgan fingerprint density at radius 3 is 2.79 bits per heavy atom. The van der Waals surface area contributed by atoms with Gasteiger partial charge in [-0.1, -0.05) is 17.3 Å². The molecule has 3 aromatic rings. The van der Waals surface area contributed by atoms with Gasteiger partial charge in [-0.25, -0.2) is 0 Å². The molecule has 1 fully saturated rings. The first kappa shape index (κ1) is 14.6. The topological polar surface area (TPSA) is 81.6 Å². The van der Waals surface area contributed by atoms with Gasteiger partial charge in [0, 0.05) is 24.2 Å². The first-order chi connectivity index (χ1) is 11.8. The van der Waals surface area contributed by atoms with Gasteiger partial charge in [0.1, 0.15) is 0 Å². The van der Waals surface area contributed by atoms with E-state index in [9.17, 15) is 4.79 Å². The molecule has 0 radical (unpaired) electrons. The smallest absolute Gasteiger partial charge is 0.293 e. The molecule has 0 aliphatic carbocycles. The van der Waals surface area contributed by atoms with Crippen LogP contribution in [-0.4, -0.2) is 47.3 Å². The van der Waals surface area contributed by atoms with Crippen LogP contribution in [0.5, 0.6) is 0 Å². The summed E-state index contributed by atoms with van der Waals surface area (Å²) >= 11 is 0. The lowest BCUT2D eigenvalue weighted by Crippen LogP contribution is -2.40. The largest absolute Gasteiger partial charge is 0.459 e. The lowest BCUT2D eigenvalue weighted by Gasteiger charge is -2.26. The first-order valence-electron chi connectivity index (χ1n) is 7.66. The molecule has 0 saturated carbocycles. The zero-order valence-electron chi connectivity index (χ0n) is 12.8. The highest BCUT2D eigenvalue weighted by atomic mass is 16.5. The van der Waals surface area contributed by atoms with Crippen LogP contribution in [0.1, 0.15) is 10.4 Å². The Kier molecular flexibility index (Phi) is 3.84. The molecule has 2 aromatic heterocycles. The van der Waals surface area contributed by atoms with Gasteiger partial charge in [-0.3, -0.25) is 4.79 Å². The molecule has 1 saturated heterocycles. The Morgan fingerprint density at radius 1 is 1.12 bits per heavy atom. The quantitative estimate of drug-likeness (QED) is 0.736. The summed E-state index contributed by atoms with van der Waals surface area (Å²) in [6, 6.07) is 10.7. The minimum atomic E-state index is -0.0186. The van der Waals surface area contributed by atoms with Crippen molar-refractivity contribution in [2.75, 3.05) is 26.3 Å². The predicted molar refractivity (Wildman–Crippen MR) is 84.2 cm³/mol. The molecule has 0 spiro atoms. The van der Waals surface area contributed by atoms with Crippen molar-refractivity contribution in [3.63, 3.8) is 0 Å². The highest BCUT2D eigenvalue weighted by Crippen LogP contribution is 2.23. The number of benzene rings is 1. The summed E-state index contributed by atoms with van der Waals surface area (Å²) in [5, 5.41) is 3.96. The fraction of sp³-hybridized carbons (Fsp3) is 0.235. The summed E-state index contributed by atoms with van der Waals surface area (Å²) < 4.78 is 15.7. The van der Waals surface area contributed by atoms with Crippen LogP contribution in [0.25, 0.3) is 23.0 Å². The van der Waals surface area contributed by atoms with Crippen molar-refractivity contribution in [2.24, 2.45) is 0 Å². The fourth-order valence-electron chi connectivity index (χ4n) is 2.58. The molecule has 24 heavy (non-hydrogen) atoms. The van der Waals surface area contributed by atoms with Crippen LogP contribution < -0.4 is 0 Å². The molecule has 1 aromatic carbocycles. The number of rotatable bonds is 3. The number of carbonyl (C=O) groups is 1. The molecule has 1 aliphatic rings. The van der Waals surface area contributed by atoms with E-state index in [2.05, 4.69) is 10.1 Å². The lowest BCUT2D eigenvalue weighted by atomic mass is 10.1. The second-order valence-corrected chi connectivity index (χ2v) is 5.39. The molecule has 0 bridgehead atoms. The standard InChI is InChI=1S/C17H15N3O4/c21-17(20-6-9-22-10-7-20)13-4-1-3-12(11-13)15-18-16(24-19-15)14-5-2-8-23-14/h1-5,8,11H,6-7,9-10H2. The molecular weight excluding hydrogens is 310 g/mol. The van der Waals surface area contributed by atoms with E-state index in [0.717, 1.165) is 5.56 Å². The Hall–Kier alpha value is -2.93. The van der Waals surface area contributed by atoms with Gasteiger partial charge >= 0.3 is 0 Å². The third kappa shape index (κ3) is 2.81. The maximum atomic E-state index is 12.6. The maximum Gasteiger partial charge on any atom is 0.293 e. The zero-order chi connectivity index (χ0) is 16.4. The number of ether oxygens (including phenoxy) is 1. The van der Waals surface area contributed by atoms with Crippen LogP contribution in [0.15, 0.2) is 51.6 Å². The second kappa shape index (κ2) is 6.29. The number of carbonyl (C=O) groups excluding carboxylic acids is 1. The predicted octanol–water partition coefficient (Wildman–Crippen LogP) is 2.47. The van der Waals surface area contributed by atoms with Crippen LogP contribution in [0, 0.1) is 0 Å². The van der Waals surface area contributed by atoms with Crippen molar-refractivity contribution in [1.29, 1.82) is 0 Å². The molecule has 7 nitrogen and oxygen atoms in total. The van der Waals surface area contributed by atoms with Gasteiger partial charge in [-0.15, -0.1) is 0 Å². The summed E-state index contributed by atoms with van der Waals surface area (Å²) in [4.78, 5) is 18.7. The summed E-state index contributed by atoms with van der Waals surface area (Å²) in [7, 11) is 0. The average molecular weight is 325 g/mol. The van der Waals surface area contributed by atoms with E-state index in [1.54, 1.807) is 35.4 Å². The zero-order valence-corrected chi connectivity index (χ0v) is 12.8. The summed E-state index contributed by atoms with van der Waals surface area (Å²) in [6.45, 7) is 2.35. The molecule has 1 aliphatic heterocycles. The Labute approximate surface area is 137 Å². The molecule has 4 rings (SSSR count). The van der Waals surface area contributed by atoms with E-state index in [1.807, 2.05) is 12.1 Å². The normalized spacial score (nSPS) is 14.8. The highest BCUT2D eigenvalue weighted by Gasteiger charge is 2.20. The van der Waals surface area contributed by atoms with Gasteiger partial charge in [-0.2, -0.15) is 4.98 Å². The molecule has 7 heteroatoms. The van der Waals surface area contributed by atoms with Gasteiger partial charge < -0.3 is 18.6 Å². The van der Waals surface area contributed by atoms with Crippen LogP contribution in [-0.2, 0) is 4.74 Å². The summed E-state index contributed by atoms with van der Waals surface area (Å²) in [5.41, 5.74) is 1.31. The molecule has 0 atom stereocenters. The molecule has 1 amide bonds. The Morgan fingerprint density at radius 2 is 2.00 bits per heavy atom. The van der Waals surface area contributed by atoms with Crippen molar-refractivity contribution < 1.29 is 18.5 Å². The van der Waals surface area contributed by atoms with Crippen molar-refractivity contribution in [3.8, 4) is 23.0 Å². The molecule has 0 unspecified atom stereocenters. The van der Waals surface area contributed by atoms with Crippen molar-refractivity contribution in [2.45, 2.75) is 0 Å². The number of furan rings is 1. The van der Waals surface area contributed by atoms with Crippen molar-refractivity contribution in [3.05, 3.63) is 48.2 Å². The van der Waals surface area contributed by atoms with Crippen molar-refractivity contribution in [1.82, 2.24) is 15.0 Å². The van der Waals surface area contributed by atoms with E-state index in [0.29, 0.717) is 49.3 Å². The fourth-order valence-corrected chi connectivity index (χ4v) is 2.58. The van der Waals surface area contributed by atoms with Crippen LogP contribution in [0.3, 0.4) is 0 Å². The highest BCUT2D eigenvalue weighted by molar-refractivity contribution is 5.95. The van der Waals surface area contributed by atoms with Crippen LogP contribution >= 0.6 is 0 Å². The number of nitrogens with zero attached hydrogens (tertiary/aromatic N) is 3. The third-order valence-corrected chi connectivity index (χ3v) is 3.82. The van der Waals surface area contributed by atoms with E-state index < -0.39 is 0 Å². The number of hydrogen-bond donors (Lipinski definition) is 0. The monoisotopic (exact) mass is 325 g/mol. The Balaban J connectivity index is 1.59. The van der Waals surface area contributed by atoms with Gasteiger partial charge in [0.05, 0.1) is 19.5 Å². The summed E-state index contributed by atoms with van der Waals surface area (Å²) in [6.07, 6.45) is 1.54. The SMILES string of the molecule is O=C(c1cccc(-c2noc(-c3ccco3)n2)c1)N1CCOCC1. The minimum absolute atomic E-state index is 0.0186. The van der Waals surface area contributed by atoms with E-state index in [4.69, 9.17) is 13.7 Å². The van der Waals surface area contributed by atoms with E-state index in [-0.39, 0.29) is 5.91 Å².